The molecule has 2 rings (SSSR count). The SMILES string of the molecule is CCCc1nc2scc(C(=O)O)c2c(=O)n1CCCO. The van der Waals surface area contributed by atoms with Gasteiger partial charge >= 0.3 is 5.97 Å². The van der Waals surface area contributed by atoms with Gasteiger partial charge in [-0.1, -0.05) is 6.92 Å². The second kappa shape index (κ2) is 6.15. The lowest BCUT2D eigenvalue weighted by molar-refractivity contribution is 0.0699. The van der Waals surface area contributed by atoms with Crippen molar-refractivity contribution >= 4 is 27.5 Å². The van der Waals surface area contributed by atoms with Crippen LogP contribution in [0, 0.1) is 0 Å². The van der Waals surface area contributed by atoms with E-state index in [2.05, 4.69) is 4.98 Å². The van der Waals surface area contributed by atoms with Gasteiger partial charge in [0.25, 0.3) is 5.56 Å². The minimum atomic E-state index is -1.12. The van der Waals surface area contributed by atoms with Gasteiger partial charge in [0, 0.05) is 25.0 Å². The van der Waals surface area contributed by atoms with Gasteiger partial charge in [-0.25, -0.2) is 9.78 Å². The molecule has 0 aliphatic heterocycles. The van der Waals surface area contributed by atoms with E-state index < -0.39 is 5.97 Å². The van der Waals surface area contributed by atoms with Crippen molar-refractivity contribution in [3.05, 3.63) is 27.1 Å². The van der Waals surface area contributed by atoms with Gasteiger partial charge in [-0.2, -0.15) is 0 Å². The van der Waals surface area contributed by atoms with Crippen LogP contribution in [-0.4, -0.2) is 32.3 Å². The molecule has 0 amide bonds. The molecule has 0 aromatic carbocycles. The lowest BCUT2D eigenvalue weighted by Crippen LogP contribution is -2.26. The summed E-state index contributed by atoms with van der Waals surface area (Å²) in [5, 5.41) is 19.7. The van der Waals surface area contributed by atoms with E-state index in [0.29, 0.717) is 30.0 Å². The Morgan fingerprint density at radius 1 is 1.50 bits per heavy atom. The maximum absolute atomic E-state index is 12.5. The zero-order valence-corrected chi connectivity index (χ0v) is 11.9. The molecular formula is C13H16N2O4S. The van der Waals surface area contributed by atoms with Crippen LogP contribution in [0.4, 0.5) is 0 Å². The molecule has 7 heteroatoms. The maximum Gasteiger partial charge on any atom is 0.337 e. The van der Waals surface area contributed by atoms with Crippen LogP contribution in [0.25, 0.3) is 10.2 Å². The number of nitrogens with zero attached hydrogens (tertiary/aromatic N) is 2. The number of aromatic carboxylic acids is 1. The summed E-state index contributed by atoms with van der Waals surface area (Å²) >= 11 is 1.17. The highest BCUT2D eigenvalue weighted by atomic mass is 32.1. The van der Waals surface area contributed by atoms with Crippen molar-refractivity contribution in [1.29, 1.82) is 0 Å². The predicted molar refractivity (Wildman–Crippen MR) is 76.5 cm³/mol. The van der Waals surface area contributed by atoms with Gasteiger partial charge in [-0.05, 0) is 12.8 Å². The third-order valence-corrected chi connectivity index (χ3v) is 3.89. The highest BCUT2D eigenvalue weighted by Gasteiger charge is 2.18. The third kappa shape index (κ3) is 2.59. The van der Waals surface area contributed by atoms with Gasteiger partial charge in [-0.15, -0.1) is 11.3 Å². The molecule has 2 aromatic rings. The average molecular weight is 296 g/mol. The summed E-state index contributed by atoms with van der Waals surface area (Å²) in [6.45, 7) is 2.32. The molecule has 0 saturated carbocycles. The van der Waals surface area contributed by atoms with Gasteiger partial charge in [-0.3, -0.25) is 9.36 Å². The van der Waals surface area contributed by atoms with Crippen LogP contribution in [0.5, 0.6) is 0 Å². The first-order valence-electron chi connectivity index (χ1n) is 6.45. The lowest BCUT2D eigenvalue weighted by atomic mass is 10.2. The zero-order valence-electron chi connectivity index (χ0n) is 11.1. The summed E-state index contributed by atoms with van der Waals surface area (Å²) in [7, 11) is 0. The Morgan fingerprint density at radius 2 is 2.25 bits per heavy atom. The normalized spacial score (nSPS) is 11.1. The van der Waals surface area contributed by atoms with Gasteiger partial charge in [0.1, 0.15) is 10.7 Å². The quantitative estimate of drug-likeness (QED) is 0.842. The van der Waals surface area contributed by atoms with Crippen LogP contribution in [0.1, 0.15) is 35.9 Å². The van der Waals surface area contributed by atoms with E-state index in [9.17, 15) is 9.59 Å². The van der Waals surface area contributed by atoms with Crippen LogP contribution < -0.4 is 5.56 Å². The van der Waals surface area contributed by atoms with Crippen molar-refractivity contribution in [1.82, 2.24) is 9.55 Å². The molecule has 2 heterocycles. The van der Waals surface area contributed by atoms with E-state index in [1.165, 1.54) is 21.3 Å². The number of carboxylic acids is 1. The predicted octanol–water partition coefficient (Wildman–Crippen LogP) is 1.49. The number of fused-ring (bicyclic) bond motifs is 1. The first-order valence-corrected chi connectivity index (χ1v) is 7.33. The standard InChI is InChI=1S/C13H16N2O4S/c1-2-4-9-14-11-10(8(7-20-11)13(18)19)12(17)15(9)5-3-6-16/h7,16H,2-6H2,1H3,(H,18,19). The average Bonchev–Trinajstić information content (AvgIpc) is 2.83. The molecule has 0 aliphatic rings. The van der Waals surface area contributed by atoms with Crippen molar-refractivity contribution in [2.24, 2.45) is 0 Å². The summed E-state index contributed by atoms with van der Waals surface area (Å²) in [4.78, 5) is 28.5. The van der Waals surface area contributed by atoms with Crippen molar-refractivity contribution in [2.45, 2.75) is 32.7 Å². The molecule has 0 bridgehead atoms. The molecule has 0 unspecified atom stereocenters. The first-order chi connectivity index (χ1) is 9.60. The molecule has 2 N–H and O–H groups in total. The minimum absolute atomic E-state index is 0.00305. The Labute approximate surface area is 119 Å². The number of rotatable bonds is 6. The summed E-state index contributed by atoms with van der Waals surface area (Å²) in [6, 6.07) is 0. The lowest BCUT2D eigenvalue weighted by Gasteiger charge is -2.11. The first kappa shape index (κ1) is 14.7. The van der Waals surface area contributed by atoms with Crippen LogP contribution in [0.15, 0.2) is 10.2 Å². The molecule has 0 fully saturated rings. The Morgan fingerprint density at radius 3 is 2.85 bits per heavy atom. The molecule has 0 aliphatic carbocycles. The summed E-state index contributed by atoms with van der Waals surface area (Å²) in [5.41, 5.74) is -0.325. The van der Waals surface area contributed by atoms with Crippen molar-refractivity contribution in [3.63, 3.8) is 0 Å². The number of carboxylic acid groups (broad SMARTS) is 1. The highest BCUT2D eigenvalue weighted by Crippen LogP contribution is 2.22. The number of aromatic nitrogens is 2. The monoisotopic (exact) mass is 296 g/mol. The van der Waals surface area contributed by atoms with E-state index >= 15 is 0 Å². The fourth-order valence-corrected chi connectivity index (χ4v) is 3.02. The Hall–Kier alpha value is -1.73. The zero-order chi connectivity index (χ0) is 14.7. The van der Waals surface area contributed by atoms with Crippen molar-refractivity contribution < 1.29 is 15.0 Å². The fourth-order valence-electron chi connectivity index (χ4n) is 2.10. The maximum atomic E-state index is 12.5. The van der Waals surface area contributed by atoms with E-state index in [1.807, 2.05) is 6.92 Å². The Bertz CT molecular complexity index is 689. The van der Waals surface area contributed by atoms with Crippen molar-refractivity contribution in [3.8, 4) is 0 Å². The molecule has 6 nitrogen and oxygen atoms in total. The number of hydrogen-bond donors (Lipinski definition) is 2. The number of aliphatic hydroxyl groups excluding tert-OH is 1. The van der Waals surface area contributed by atoms with Crippen LogP contribution in [0.2, 0.25) is 0 Å². The molecule has 20 heavy (non-hydrogen) atoms. The molecule has 2 aromatic heterocycles. The molecule has 0 radical (unpaired) electrons. The second-order valence-corrected chi connectivity index (χ2v) is 5.30. The smallest absolute Gasteiger partial charge is 0.337 e. The topological polar surface area (TPSA) is 92.4 Å². The molecule has 0 spiro atoms. The van der Waals surface area contributed by atoms with E-state index in [0.717, 1.165) is 6.42 Å². The highest BCUT2D eigenvalue weighted by molar-refractivity contribution is 7.17. The summed E-state index contributed by atoms with van der Waals surface area (Å²) < 4.78 is 1.49. The van der Waals surface area contributed by atoms with E-state index in [1.54, 1.807) is 0 Å². The van der Waals surface area contributed by atoms with Gasteiger partial charge in [0.2, 0.25) is 0 Å². The Balaban J connectivity index is 2.68. The number of aliphatic hydroxyl groups is 1. The second-order valence-electron chi connectivity index (χ2n) is 4.45. The Kier molecular flexibility index (Phi) is 4.51. The third-order valence-electron chi connectivity index (χ3n) is 3.02. The molecule has 108 valence electrons. The van der Waals surface area contributed by atoms with Crippen LogP contribution in [-0.2, 0) is 13.0 Å². The van der Waals surface area contributed by atoms with E-state index in [4.69, 9.17) is 10.2 Å². The summed E-state index contributed by atoms with van der Waals surface area (Å²) in [6.07, 6.45) is 1.93. The fraction of sp³-hybridized carbons (Fsp3) is 0.462. The number of thiophene rings is 1. The number of aryl methyl sites for hydroxylation is 1. The molecule has 0 saturated heterocycles. The molecule has 0 atom stereocenters. The largest absolute Gasteiger partial charge is 0.478 e. The number of carbonyl (C=O) groups is 1. The van der Waals surface area contributed by atoms with E-state index in [-0.39, 0.29) is 23.1 Å². The van der Waals surface area contributed by atoms with Crippen LogP contribution >= 0.6 is 11.3 Å². The van der Waals surface area contributed by atoms with Gasteiger partial charge in [0.05, 0.1) is 10.9 Å². The van der Waals surface area contributed by atoms with Crippen molar-refractivity contribution in [2.75, 3.05) is 6.61 Å². The minimum Gasteiger partial charge on any atom is -0.478 e. The van der Waals surface area contributed by atoms with Gasteiger partial charge in [0.15, 0.2) is 0 Å². The molecular weight excluding hydrogens is 280 g/mol. The van der Waals surface area contributed by atoms with Crippen LogP contribution in [0.3, 0.4) is 0 Å². The summed E-state index contributed by atoms with van der Waals surface area (Å²) in [5.74, 6) is -0.468. The number of hydrogen-bond acceptors (Lipinski definition) is 5. The van der Waals surface area contributed by atoms with Gasteiger partial charge < -0.3 is 10.2 Å².